The maximum atomic E-state index is 10.7. The van der Waals surface area contributed by atoms with Gasteiger partial charge in [0.25, 0.3) is 5.69 Å². The lowest BCUT2D eigenvalue weighted by atomic mass is 10.2. The van der Waals surface area contributed by atoms with Crippen molar-refractivity contribution in [2.45, 2.75) is 26.7 Å². The summed E-state index contributed by atoms with van der Waals surface area (Å²) in [6, 6.07) is 4.59. The molecule has 0 saturated heterocycles. The van der Waals surface area contributed by atoms with Crippen molar-refractivity contribution in [3.8, 4) is 0 Å². The van der Waals surface area contributed by atoms with Crippen molar-refractivity contribution in [3.05, 3.63) is 39.7 Å². The van der Waals surface area contributed by atoms with Crippen molar-refractivity contribution < 1.29 is 4.92 Å². The van der Waals surface area contributed by atoms with Crippen molar-refractivity contribution in [2.75, 3.05) is 0 Å². The van der Waals surface area contributed by atoms with Gasteiger partial charge in [0.05, 0.1) is 27.3 Å². The van der Waals surface area contributed by atoms with Crippen LogP contribution < -0.4 is 0 Å². The van der Waals surface area contributed by atoms with Crippen LogP contribution in [0.4, 0.5) is 5.69 Å². The fraction of sp³-hybridized carbons (Fsp3) is 0.333. The molecule has 0 saturated carbocycles. The van der Waals surface area contributed by atoms with Gasteiger partial charge in [-0.2, -0.15) is 0 Å². The largest absolute Gasteiger partial charge is 0.271 e. The maximum absolute atomic E-state index is 10.7. The molecule has 2 aromatic rings. The number of benzene rings is 1. The van der Waals surface area contributed by atoms with E-state index in [-0.39, 0.29) is 5.69 Å². The fourth-order valence-electron chi connectivity index (χ4n) is 1.80. The highest BCUT2D eigenvalue weighted by Crippen LogP contribution is 2.19. The zero-order valence-corrected chi connectivity index (χ0v) is 9.80. The van der Waals surface area contributed by atoms with Crippen molar-refractivity contribution in [2.24, 2.45) is 0 Å². The topological polar surface area (TPSA) is 68.9 Å². The third-order valence-electron chi connectivity index (χ3n) is 2.68. The average Bonchev–Trinajstić information content (AvgIpc) is 2.36. The molecule has 17 heavy (non-hydrogen) atoms. The van der Waals surface area contributed by atoms with E-state index in [9.17, 15) is 10.1 Å². The van der Waals surface area contributed by atoms with Crippen molar-refractivity contribution in [1.82, 2.24) is 9.97 Å². The lowest BCUT2D eigenvalue weighted by Crippen LogP contribution is -2.00. The molecule has 0 amide bonds. The van der Waals surface area contributed by atoms with Crippen molar-refractivity contribution >= 4 is 16.7 Å². The summed E-state index contributed by atoms with van der Waals surface area (Å²) < 4.78 is 0. The molecule has 0 radical (unpaired) electrons. The van der Waals surface area contributed by atoms with Crippen LogP contribution in [-0.4, -0.2) is 14.9 Å². The Balaban J connectivity index is 2.66. The molecule has 0 atom stereocenters. The van der Waals surface area contributed by atoms with Crippen LogP contribution in [0.15, 0.2) is 18.2 Å². The Hall–Kier alpha value is -2.04. The second-order valence-corrected chi connectivity index (χ2v) is 3.75. The van der Waals surface area contributed by atoms with Gasteiger partial charge in [0.15, 0.2) is 0 Å². The number of non-ortho nitro benzene ring substituents is 1. The first-order valence-electron chi connectivity index (χ1n) is 5.59. The van der Waals surface area contributed by atoms with E-state index < -0.39 is 4.92 Å². The van der Waals surface area contributed by atoms with Gasteiger partial charge < -0.3 is 0 Å². The number of nitro benzene ring substituents is 1. The fourth-order valence-corrected chi connectivity index (χ4v) is 1.80. The van der Waals surface area contributed by atoms with E-state index in [1.807, 2.05) is 13.8 Å². The SMILES string of the molecule is CCc1nc2ccc([N+](=O)[O-])cc2nc1CC. The summed E-state index contributed by atoms with van der Waals surface area (Å²) in [5.41, 5.74) is 3.24. The first-order valence-corrected chi connectivity index (χ1v) is 5.59. The number of nitro groups is 1. The predicted molar refractivity (Wildman–Crippen MR) is 64.9 cm³/mol. The normalized spacial score (nSPS) is 10.7. The van der Waals surface area contributed by atoms with Gasteiger partial charge in [-0.25, -0.2) is 9.97 Å². The molecule has 1 aromatic heterocycles. The summed E-state index contributed by atoms with van der Waals surface area (Å²) in [4.78, 5) is 19.2. The number of rotatable bonds is 3. The molecular weight excluding hydrogens is 218 g/mol. The monoisotopic (exact) mass is 231 g/mol. The van der Waals surface area contributed by atoms with Crippen LogP contribution in [0.25, 0.3) is 11.0 Å². The first kappa shape index (κ1) is 11.4. The second kappa shape index (κ2) is 4.45. The molecular formula is C12H13N3O2. The molecule has 1 heterocycles. The number of aromatic nitrogens is 2. The molecule has 5 nitrogen and oxygen atoms in total. The smallest absolute Gasteiger partial charge is 0.258 e. The summed E-state index contributed by atoms with van der Waals surface area (Å²) in [7, 11) is 0. The summed E-state index contributed by atoms with van der Waals surface area (Å²) >= 11 is 0. The lowest BCUT2D eigenvalue weighted by Gasteiger charge is -2.05. The third-order valence-corrected chi connectivity index (χ3v) is 2.68. The third kappa shape index (κ3) is 2.08. The predicted octanol–water partition coefficient (Wildman–Crippen LogP) is 2.66. The van der Waals surface area contributed by atoms with E-state index in [4.69, 9.17) is 0 Å². The minimum absolute atomic E-state index is 0.0538. The van der Waals surface area contributed by atoms with Gasteiger partial charge in [-0.15, -0.1) is 0 Å². The number of hydrogen-bond acceptors (Lipinski definition) is 4. The number of fused-ring (bicyclic) bond motifs is 1. The van der Waals surface area contributed by atoms with Gasteiger partial charge in [-0.1, -0.05) is 13.8 Å². The van der Waals surface area contributed by atoms with Crippen LogP contribution in [0.1, 0.15) is 25.2 Å². The highest BCUT2D eigenvalue weighted by atomic mass is 16.6. The average molecular weight is 231 g/mol. The molecule has 0 aliphatic heterocycles. The lowest BCUT2D eigenvalue weighted by molar-refractivity contribution is -0.384. The minimum Gasteiger partial charge on any atom is -0.258 e. The van der Waals surface area contributed by atoms with Crippen LogP contribution in [0.5, 0.6) is 0 Å². The van der Waals surface area contributed by atoms with Gasteiger partial charge in [-0.05, 0) is 18.9 Å². The standard InChI is InChI=1S/C12H13N3O2/c1-3-9-10(4-2)14-12-7-8(15(16)17)5-6-11(12)13-9/h5-7H,3-4H2,1-2H3. The Bertz CT molecular complexity index is 581. The van der Waals surface area contributed by atoms with Crippen LogP contribution in [0, 0.1) is 10.1 Å². The highest BCUT2D eigenvalue weighted by Gasteiger charge is 2.10. The maximum Gasteiger partial charge on any atom is 0.271 e. The molecule has 0 fully saturated rings. The van der Waals surface area contributed by atoms with E-state index in [0.717, 1.165) is 24.2 Å². The summed E-state index contributed by atoms with van der Waals surface area (Å²) in [5, 5.41) is 10.7. The Labute approximate surface area is 98.7 Å². The summed E-state index contributed by atoms with van der Waals surface area (Å²) in [6.45, 7) is 4.03. The van der Waals surface area contributed by atoms with Crippen LogP contribution in [-0.2, 0) is 12.8 Å². The van der Waals surface area contributed by atoms with Crippen molar-refractivity contribution in [3.63, 3.8) is 0 Å². The van der Waals surface area contributed by atoms with Gasteiger partial charge in [0, 0.05) is 12.1 Å². The Morgan fingerprint density at radius 1 is 1.12 bits per heavy atom. The Morgan fingerprint density at radius 3 is 2.24 bits per heavy atom. The molecule has 0 spiro atoms. The molecule has 2 rings (SSSR count). The van der Waals surface area contributed by atoms with E-state index in [2.05, 4.69) is 9.97 Å². The summed E-state index contributed by atoms with van der Waals surface area (Å²) in [5.74, 6) is 0. The number of hydrogen-bond donors (Lipinski definition) is 0. The van der Waals surface area contributed by atoms with E-state index in [1.54, 1.807) is 6.07 Å². The summed E-state index contributed by atoms with van der Waals surface area (Å²) in [6.07, 6.45) is 1.61. The van der Waals surface area contributed by atoms with E-state index >= 15 is 0 Å². The molecule has 1 aromatic carbocycles. The van der Waals surface area contributed by atoms with Gasteiger partial charge in [0.1, 0.15) is 0 Å². The van der Waals surface area contributed by atoms with E-state index in [0.29, 0.717) is 11.0 Å². The van der Waals surface area contributed by atoms with Gasteiger partial charge in [-0.3, -0.25) is 10.1 Å². The Morgan fingerprint density at radius 2 is 1.71 bits per heavy atom. The van der Waals surface area contributed by atoms with E-state index in [1.165, 1.54) is 12.1 Å². The number of nitrogens with zero attached hydrogens (tertiary/aromatic N) is 3. The molecule has 0 aliphatic carbocycles. The molecule has 0 aliphatic rings. The van der Waals surface area contributed by atoms with Gasteiger partial charge >= 0.3 is 0 Å². The van der Waals surface area contributed by atoms with Gasteiger partial charge in [0.2, 0.25) is 0 Å². The Kier molecular flexibility index (Phi) is 2.99. The molecule has 0 N–H and O–H groups in total. The van der Waals surface area contributed by atoms with Crippen LogP contribution in [0.2, 0.25) is 0 Å². The van der Waals surface area contributed by atoms with Crippen LogP contribution >= 0.6 is 0 Å². The quantitative estimate of drug-likeness (QED) is 0.601. The van der Waals surface area contributed by atoms with Crippen molar-refractivity contribution in [1.29, 1.82) is 0 Å². The first-order chi connectivity index (χ1) is 8.15. The zero-order valence-electron chi connectivity index (χ0n) is 9.80. The number of aryl methyl sites for hydroxylation is 2. The minimum atomic E-state index is -0.416. The highest BCUT2D eigenvalue weighted by molar-refractivity contribution is 5.77. The molecule has 5 heteroatoms. The van der Waals surface area contributed by atoms with Crippen LogP contribution in [0.3, 0.4) is 0 Å². The molecule has 0 bridgehead atoms. The zero-order chi connectivity index (χ0) is 12.4. The molecule has 88 valence electrons. The molecule has 0 unspecified atom stereocenters. The second-order valence-electron chi connectivity index (χ2n) is 3.75.